The Morgan fingerprint density at radius 3 is 2.68 bits per heavy atom. The van der Waals surface area contributed by atoms with E-state index in [0.29, 0.717) is 24.6 Å². The Bertz CT molecular complexity index is 551. The number of carbonyl (C=O) groups excluding carboxylic acids is 1. The van der Waals surface area contributed by atoms with E-state index in [1.165, 1.54) is 17.7 Å². The number of ether oxygens (including phenoxy) is 1. The van der Waals surface area contributed by atoms with Crippen molar-refractivity contribution >= 4 is 17.2 Å². The van der Waals surface area contributed by atoms with Gasteiger partial charge < -0.3 is 9.64 Å². The van der Waals surface area contributed by atoms with Gasteiger partial charge in [-0.15, -0.1) is 11.3 Å². The molecule has 3 aliphatic heterocycles. The van der Waals surface area contributed by atoms with Crippen molar-refractivity contribution in [2.24, 2.45) is 0 Å². The number of piperazine rings is 1. The zero-order valence-corrected chi connectivity index (χ0v) is 15.8. The van der Waals surface area contributed by atoms with E-state index in [9.17, 15) is 4.79 Å². The topological polar surface area (TPSA) is 36.0 Å². The van der Waals surface area contributed by atoms with Crippen molar-refractivity contribution in [2.45, 2.75) is 37.8 Å². The largest absolute Gasteiger partial charge is 0.377 e. The summed E-state index contributed by atoms with van der Waals surface area (Å²) in [7, 11) is 0. The molecule has 3 saturated heterocycles. The highest BCUT2D eigenvalue weighted by molar-refractivity contribution is 7.10. The van der Waals surface area contributed by atoms with E-state index in [1.54, 1.807) is 11.3 Å². The molecule has 5 nitrogen and oxygen atoms in total. The first kappa shape index (κ1) is 17.5. The molecule has 1 aromatic rings. The van der Waals surface area contributed by atoms with E-state index in [2.05, 4.69) is 32.2 Å². The lowest BCUT2D eigenvalue weighted by Crippen LogP contribution is -2.51. The minimum Gasteiger partial charge on any atom is -0.377 e. The van der Waals surface area contributed by atoms with Gasteiger partial charge in [0.05, 0.1) is 18.7 Å². The van der Waals surface area contributed by atoms with Crippen LogP contribution < -0.4 is 0 Å². The Hall–Kier alpha value is -0.950. The first-order chi connectivity index (χ1) is 12.3. The summed E-state index contributed by atoms with van der Waals surface area (Å²) in [4.78, 5) is 21.1. The zero-order chi connectivity index (χ0) is 17.1. The highest BCUT2D eigenvalue weighted by Gasteiger charge is 2.32. The number of nitrogens with zero attached hydrogens (tertiary/aromatic N) is 3. The SMILES string of the molecule is O=C(CN1CCN(C[C@H]2CCCO2)CC1)N1CCC[C@@H]1c1cccs1. The molecule has 3 aliphatic rings. The van der Waals surface area contributed by atoms with Crippen LogP contribution in [0.25, 0.3) is 0 Å². The maximum atomic E-state index is 12.8. The van der Waals surface area contributed by atoms with Crippen LogP contribution in [0, 0.1) is 0 Å². The smallest absolute Gasteiger partial charge is 0.237 e. The molecule has 1 aromatic heterocycles. The molecule has 0 aliphatic carbocycles. The third kappa shape index (κ3) is 4.25. The molecule has 3 fully saturated rings. The average Bonchev–Trinajstić information content (AvgIpc) is 3.38. The zero-order valence-electron chi connectivity index (χ0n) is 14.9. The van der Waals surface area contributed by atoms with Gasteiger partial charge >= 0.3 is 0 Å². The number of hydrogen-bond donors (Lipinski definition) is 0. The average molecular weight is 364 g/mol. The van der Waals surface area contributed by atoms with Crippen molar-refractivity contribution in [3.05, 3.63) is 22.4 Å². The monoisotopic (exact) mass is 363 g/mol. The van der Waals surface area contributed by atoms with Crippen LogP contribution in [0.3, 0.4) is 0 Å². The summed E-state index contributed by atoms with van der Waals surface area (Å²) in [6.07, 6.45) is 5.09. The Balaban J connectivity index is 1.24. The van der Waals surface area contributed by atoms with E-state index in [4.69, 9.17) is 4.74 Å². The van der Waals surface area contributed by atoms with Crippen LogP contribution in [-0.4, -0.2) is 79.1 Å². The minimum absolute atomic E-state index is 0.309. The molecule has 0 unspecified atom stereocenters. The van der Waals surface area contributed by atoms with E-state index in [1.807, 2.05) is 0 Å². The highest BCUT2D eigenvalue weighted by Crippen LogP contribution is 2.34. The third-order valence-corrected chi connectivity index (χ3v) is 6.73. The fraction of sp³-hybridized carbons (Fsp3) is 0.737. The first-order valence-corrected chi connectivity index (χ1v) is 10.6. The van der Waals surface area contributed by atoms with Crippen LogP contribution >= 0.6 is 11.3 Å². The van der Waals surface area contributed by atoms with Gasteiger partial charge in [0.1, 0.15) is 0 Å². The number of thiophene rings is 1. The molecule has 1 amide bonds. The van der Waals surface area contributed by atoms with Gasteiger partial charge in [-0.1, -0.05) is 6.07 Å². The van der Waals surface area contributed by atoms with Gasteiger partial charge in [-0.05, 0) is 37.1 Å². The predicted molar refractivity (Wildman–Crippen MR) is 99.9 cm³/mol. The Morgan fingerprint density at radius 2 is 1.96 bits per heavy atom. The van der Waals surface area contributed by atoms with E-state index < -0.39 is 0 Å². The quantitative estimate of drug-likeness (QED) is 0.804. The fourth-order valence-electron chi connectivity index (χ4n) is 4.33. The predicted octanol–water partition coefficient (Wildman–Crippen LogP) is 2.21. The van der Waals surface area contributed by atoms with Crippen LogP contribution in [0.2, 0.25) is 0 Å². The normalized spacial score (nSPS) is 28.7. The molecule has 0 saturated carbocycles. The van der Waals surface area contributed by atoms with Gasteiger partial charge in [-0.3, -0.25) is 14.6 Å². The van der Waals surface area contributed by atoms with Crippen LogP contribution in [0.4, 0.5) is 0 Å². The molecule has 0 bridgehead atoms. The van der Waals surface area contributed by atoms with E-state index in [-0.39, 0.29) is 0 Å². The summed E-state index contributed by atoms with van der Waals surface area (Å²) in [6, 6.07) is 4.58. The van der Waals surface area contributed by atoms with Gasteiger partial charge in [0.15, 0.2) is 0 Å². The molecule has 138 valence electrons. The number of carbonyl (C=O) groups is 1. The molecule has 4 rings (SSSR count). The lowest BCUT2D eigenvalue weighted by atomic mass is 10.2. The molecule has 2 atom stereocenters. The molecule has 0 radical (unpaired) electrons. The summed E-state index contributed by atoms with van der Waals surface area (Å²) in [6.45, 7) is 7.60. The van der Waals surface area contributed by atoms with Gasteiger partial charge in [-0.2, -0.15) is 0 Å². The Labute approximate surface area is 154 Å². The number of likely N-dealkylation sites (tertiary alicyclic amines) is 1. The molecule has 0 aromatic carbocycles. The van der Waals surface area contributed by atoms with Gasteiger partial charge in [-0.25, -0.2) is 0 Å². The van der Waals surface area contributed by atoms with Crippen molar-refractivity contribution in [2.75, 3.05) is 52.4 Å². The lowest BCUT2D eigenvalue weighted by Gasteiger charge is -2.36. The summed E-state index contributed by atoms with van der Waals surface area (Å²) in [5.41, 5.74) is 0. The highest BCUT2D eigenvalue weighted by atomic mass is 32.1. The summed E-state index contributed by atoms with van der Waals surface area (Å²) < 4.78 is 5.75. The molecular formula is C19H29N3O2S. The molecular weight excluding hydrogens is 334 g/mol. The maximum absolute atomic E-state index is 12.8. The van der Waals surface area contributed by atoms with Crippen LogP contribution in [0.15, 0.2) is 17.5 Å². The van der Waals surface area contributed by atoms with Crippen molar-refractivity contribution in [3.63, 3.8) is 0 Å². The molecule has 0 spiro atoms. The molecule has 25 heavy (non-hydrogen) atoms. The summed E-state index contributed by atoms with van der Waals surface area (Å²) >= 11 is 1.78. The van der Waals surface area contributed by atoms with Gasteiger partial charge in [0.25, 0.3) is 0 Å². The number of rotatable bonds is 5. The summed E-state index contributed by atoms with van der Waals surface area (Å²) in [5.74, 6) is 0.309. The van der Waals surface area contributed by atoms with Gasteiger partial charge in [0, 0.05) is 50.8 Å². The Kier molecular flexibility index (Phi) is 5.70. The van der Waals surface area contributed by atoms with Crippen LogP contribution in [-0.2, 0) is 9.53 Å². The molecule has 0 N–H and O–H groups in total. The van der Waals surface area contributed by atoms with Crippen molar-refractivity contribution in [1.29, 1.82) is 0 Å². The van der Waals surface area contributed by atoms with Crippen molar-refractivity contribution in [3.8, 4) is 0 Å². The van der Waals surface area contributed by atoms with Gasteiger partial charge in [0.2, 0.25) is 5.91 Å². The molecule has 4 heterocycles. The number of hydrogen-bond acceptors (Lipinski definition) is 5. The first-order valence-electron chi connectivity index (χ1n) is 9.69. The van der Waals surface area contributed by atoms with Crippen LogP contribution in [0.1, 0.15) is 36.6 Å². The maximum Gasteiger partial charge on any atom is 0.237 e. The van der Waals surface area contributed by atoms with E-state index in [0.717, 1.165) is 58.7 Å². The third-order valence-electron chi connectivity index (χ3n) is 5.75. The van der Waals surface area contributed by atoms with Crippen molar-refractivity contribution < 1.29 is 9.53 Å². The minimum atomic E-state index is 0.309. The van der Waals surface area contributed by atoms with E-state index >= 15 is 0 Å². The summed E-state index contributed by atoms with van der Waals surface area (Å²) in [5, 5.41) is 2.11. The van der Waals surface area contributed by atoms with Crippen molar-refractivity contribution in [1.82, 2.24) is 14.7 Å². The second-order valence-corrected chi connectivity index (χ2v) is 8.45. The number of amides is 1. The molecule has 6 heteroatoms. The Morgan fingerprint density at radius 1 is 1.12 bits per heavy atom. The second-order valence-electron chi connectivity index (χ2n) is 7.47. The second kappa shape index (κ2) is 8.16. The fourth-order valence-corrected chi connectivity index (χ4v) is 5.20. The van der Waals surface area contributed by atoms with Crippen LogP contribution in [0.5, 0.6) is 0 Å². The standard InChI is InChI=1S/C19H29N3O2S/c23-19(22-7-1-5-17(22)18-6-3-13-25-18)15-21-10-8-20(9-11-21)14-16-4-2-12-24-16/h3,6,13,16-17H,1-2,4-5,7-12,14-15H2/t16-,17-/m1/s1. The lowest BCUT2D eigenvalue weighted by molar-refractivity contribution is -0.133.